The molecule has 1 heterocycles. The second-order valence-corrected chi connectivity index (χ2v) is 17.9. The van der Waals surface area contributed by atoms with E-state index >= 15 is 0 Å². The maximum atomic E-state index is 12.9. The molecule has 0 fully saturated rings. The normalized spacial score (nSPS) is 12.0. The molecule has 60 heavy (non-hydrogen) atoms. The molecule has 0 saturated carbocycles. The molecule has 1 atom stereocenters. The average Bonchev–Trinajstić information content (AvgIpc) is 3.24. The van der Waals surface area contributed by atoms with E-state index in [1.165, 1.54) is 135 Å². The Balaban J connectivity index is 2.37. The molecule has 0 radical (unpaired) electrons. The number of H-pyrrole nitrogens is 1. The van der Waals surface area contributed by atoms with Gasteiger partial charge in [-0.05, 0) is 103 Å². The van der Waals surface area contributed by atoms with Crippen LogP contribution >= 0.6 is 0 Å². The first-order valence-electron chi connectivity index (χ1n) is 26.0. The van der Waals surface area contributed by atoms with Crippen molar-refractivity contribution in [1.82, 2.24) is 9.88 Å². The number of hydrogen-bond donors (Lipinski definition) is 2. The molecule has 1 aromatic heterocycles. The van der Waals surface area contributed by atoms with Gasteiger partial charge in [-0.25, -0.2) is 0 Å². The fraction of sp³-hybridized carbons (Fsp3) is 0.865. The summed E-state index contributed by atoms with van der Waals surface area (Å²) in [5.41, 5.74) is 0.866. The van der Waals surface area contributed by atoms with E-state index in [-0.39, 0.29) is 29.7 Å². The lowest BCUT2D eigenvalue weighted by Gasteiger charge is -2.22. The van der Waals surface area contributed by atoms with Gasteiger partial charge in [-0.15, -0.1) is 0 Å². The minimum atomic E-state index is -0.0817. The van der Waals surface area contributed by atoms with Crippen LogP contribution in [0.2, 0.25) is 0 Å². The van der Waals surface area contributed by atoms with Crippen LogP contribution in [0.15, 0.2) is 23.1 Å². The van der Waals surface area contributed by atoms with Crippen LogP contribution < -0.4 is 10.9 Å². The van der Waals surface area contributed by atoms with Gasteiger partial charge in [-0.2, -0.15) is 0 Å². The van der Waals surface area contributed by atoms with Crippen LogP contribution in [0.4, 0.5) is 5.69 Å². The van der Waals surface area contributed by atoms with Crippen LogP contribution in [0.3, 0.4) is 0 Å². The smallest absolute Gasteiger partial charge is 0.306 e. The van der Waals surface area contributed by atoms with Crippen molar-refractivity contribution in [3.63, 3.8) is 0 Å². The lowest BCUT2D eigenvalue weighted by Crippen LogP contribution is -2.28. The Labute approximate surface area is 370 Å². The highest BCUT2D eigenvalue weighted by molar-refractivity contribution is 5.69. The topological polar surface area (TPSA) is 101 Å². The molecule has 0 aliphatic heterocycles. The lowest BCUT2D eigenvalue weighted by atomic mass is 10.0. The number of nitrogens with one attached hydrogen (secondary N) is 2. The van der Waals surface area contributed by atoms with E-state index in [9.17, 15) is 14.4 Å². The highest BCUT2D eigenvalue weighted by Crippen LogP contribution is 2.19. The fourth-order valence-electron chi connectivity index (χ4n) is 8.22. The number of ether oxygens (including phenoxy) is 2. The molecule has 1 rings (SSSR count). The maximum absolute atomic E-state index is 12.9. The van der Waals surface area contributed by atoms with Crippen molar-refractivity contribution in [2.24, 2.45) is 0 Å². The first-order valence-corrected chi connectivity index (χ1v) is 26.0. The van der Waals surface area contributed by atoms with Crippen LogP contribution in [-0.2, 0) is 19.1 Å². The van der Waals surface area contributed by atoms with Gasteiger partial charge >= 0.3 is 11.9 Å². The Morgan fingerprint density at radius 1 is 0.517 bits per heavy atom. The van der Waals surface area contributed by atoms with Crippen molar-refractivity contribution in [1.29, 1.82) is 0 Å². The van der Waals surface area contributed by atoms with E-state index in [2.05, 4.69) is 42.9 Å². The third-order valence-corrected chi connectivity index (χ3v) is 12.2. The van der Waals surface area contributed by atoms with Crippen molar-refractivity contribution in [3.8, 4) is 0 Å². The third-order valence-electron chi connectivity index (χ3n) is 12.2. The second-order valence-electron chi connectivity index (χ2n) is 17.9. The van der Waals surface area contributed by atoms with Crippen molar-refractivity contribution in [2.75, 3.05) is 31.5 Å². The van der Waals surface area contributed by atoms with E-state index in [0.717, 1.165) is 109 Å². The van der Waals surface area contributed by atoms with Crippen LogP contribution in [0, 0.1) is 0 Å². The summed E-state index contributed by atoms with van der Waals surface area (Å²) in [7, 11) is 0. The van der Waals surface area contributed by atoms with Crippen molar-refractivity contribution >= 4 is 17.6 Å². The van der Waals surface area contributed by atoms with Gasteiger partial charge in [0, 0.05) is 31.6 Å². The SMILES string of the molecule is CCCCCCCCC(CC)OC(=O)CCCCCCCN(CCCCCCCC(=O)OC(CCCCCCCC)CCCCCCCC)CCCNc1ccc(=O)[nH]c1. The Morgan fingerprint density at radius 3 is 1.37 bits per heavy atom. The number of aromatic amines is 1. The lowest BCUT2D eigenvalue weighted by molar-refractivity contribution is -0.150. The second kappa shape index (κ2) is 42.0. The maximum Gasteiger partial charge on any atom is 0.306 e. The summed E-state index contributed by atoms with van der Waals surface area (Å²) >= 11 is 0. The summed E-state index contributed by atoms with van der Waals surface area (Å²) in [4.78, 5) is 42.1. The highest BCUT2D eigenvalue weighted by Gasteiger charge is 2.15. The van der Waals surface area contributed by atoms with E-state index in [4.69, 9.17) is 9.47 Å². The van der Waals surface area contributed by atoms with E-state index in [0.29, 0.717) is 12.8 Å². The van der Waals surface area contributed by atoms with Crippen LogP contribution in [0.5, 0.6) is 0 Å². The van der Waals surface area contributed by atoms with Crippen molar-refractivity contribution in [2.45, 2.75) is 265 Å². The Bertz CT molecular complexity index is 1120. The number of carbonyl (C=O) groups excluding carboxylic acids is 2. The number of rotatable bonds is 45. The first-order chi connectivity index (χ1) is 29.4. The summed E-state index contributed by atoms with van der Waals surface area (Å²) in [5, 5.41) is 3.44. The van der Waals surface area contributed by atoms with Gasteiger partial charge in [0.1, 0.15) is 12.2 Å². The molecule has 0 aliphatic rings. The summed E-state index contributed by atoms with van der Waals surface area (Å²) < 4.78 is 11.9. The summed E-state index contributed by atoms with van der Waals surface area (Å²) in [6, 6.07) is 3.39. The first kappa shape index (κ1) is 55.7. The molecule has 2 N–H and O–H groups in total. The van der Waals surface area contributed by atoms with Crippen molar-refractivity contribution < 1.29 is 19.1 Å². The average molecular weight is 844 g/mol. The zero-order valence-corrected chi connectivity index (χ0v) is 40.0. The standard InChI is InChI=1S/C52H97N3O5/c1-5-9-12-15-20-27-35-48(8-4)59-51(57)38-30-23-18-25-32-43-55(45-34-42-53-47-40-41-50(56)54-46-47)44-33-26-19-24-31-39-52(58)60-49(36-28-21-16-13-10-6-2)37-29-22-17-14-11-7-3/h40-41,46,48-49,53H,5-39,42-45H2,1-4H3,(H,54,56). The Kier molecular flexibility index (Phi) is 38.9. The minimum Gasteiger partial charge on any atom is -0.462 e. The number of aromatic nitrogens is 1. The molecule has 0 bridgehead atoms. The molecular weight excluding hydrogens is 747 g/mol. The van der Waals surface area contributed by atoms with Gasteiger partial charge in [0.05, 0.1) is 5.69 Å². The van der Waals surface area contributed by atoms with Gasteiger partial charge in [0.2, 0.25) is 5.56 Å². The van der Waals surface area contributed by atoms with Crippen LogP contribution in [0.1, 0.15) is 252 Å². The summed E-state index contributed by atoms with van der Waals surface area (Å²) in [6.45, 7) is 13.0. The molecular formula is C52H97N3O5. The minimum absolute atomic E-state index is 0.0133. The number of nitrogens with zero attached hydrogens (tertiary/aromatic N) is 1. The molecule has 0 spiro atoms. The zero-order valence-electron chi connectivity index (χ0n) is 40.0. The van der Waals surface area contributed by atoms with E-state index in [1.54, 1.807) is 12.3 Å². The van der Waals surface area contributed by atoms with Gasteiger partial charge in [0.15, 0.2) is 0 Å². The van der Waals surface area contributed by atoms with E-state index < -0.39 is 0 Å². The quantitative estimate of drug-likeness (QED) is 0.0498. The highest BCUT2D eigenvalue weighted by atomic mass is 16.5. The largest absolute Gasteiger partial charge is 0.462 e. The molecule has 0 aromatic carbocycles. The molecule has 8 heteroatoms. The Morgan fingerprint density at radius 2 is 0.917 bits per heavy atom. The monoisotopic (exact) mass is 844 g/mol. The number of unbranched alkanes of at least 4 members (excludes halogenated alkanes) is 23. The zero-order chi connectivity index (χ0) is 43.6. The molecule has 0 saturated heterocycles. The molecule has 0 aliphatic carbocycles. The number of esters is 2. The number of carbonyl (C=O) groups is 2. The van der Waals surface area contributed by atoms with Crippen LogP contribution in [0.25, 0.3) is 0 Å². The molecule has 350 valence electrons. The Hall–Kier alpha value is -2.35. The van der Waals surface area contributed by atoms with Gasteiger partial charge in [-0.1, -0.05) is 163 Å². The van der Waals surface area contributed by atoms with Crippen molar-refractivity contribution in [3.05, 3.63) is 28.7 Å². The van der Waals surface area contributed by atoms with Gasteiger partial charge in [-0.3, -0.25) is 14.4 Å². The van der Waals surface area contributed by atoms with E-state index in [1.807, 2.05) is 6.07 Å². The number of pyridine rings is 1. The third kappa shape index (κ3) is 35.3. The number of hydrogen-bond acceptors (Lipinski definition) is 7. The molecule has 1 unspecified atom stereocenters. The fourth-order valence-corrected chi connectivity index (χ4v) is 8.22. The number of anilines is 1. The summed E-state index contributed by atoms with van der Waals surface area (Å²) in [5.74, 6) is 0.00290. The molecule has 0 amide bonds. The predicted octanol–water partition coefficient (Wildman–Crippen LogP) is 14.6. The van der Waals surface area contributed by atoms with Gasteiger partial charge in [0.25, 0.3) is 0 Å². The summed E-state index contributed by atoms with van der Waals surface area (Å²) in [6.07, 6.45) is 42.1. The molecule has 1 aromatic rings. The van der Waals surface area contributed by atoms with Gasteiger partial charge < -0.3 is 24.7 Å². The van der Waals surface area contributed by atoms with Crippen LogP contribution in [-0.4, -0.2) is 60.2 Å². The molecule has 8 nitrogen and oxygen atoms in total. The predicted molar refractivity (Wildman–Crippen MR) is 256 cm³/mol.